The summed E-state index contributed by atoms with van der Waals surface area (Å²) in [5, 5.41) is 11.1. The molecule has 4 aliphatic rings. The molecule has 3 saturated heterocycles. The maximum atomic E-state index is 11.1. The minimum absolute atomic E-state index is 0.469. The predicted octanol–water partition coefficient (Wildman–Crippen LogP) is 1.50. The Kier molecular flexibility index (Phi) is 3.09. The standard InChI is InChI=1S/C17H24N2O/c20-17(12-18-9-6-16(17)7-10-18)13-19-8-5-14-3-1-2-4-15(14)11-19/h1-4,16,20H,5-13H2. The van der Waals surface area contributed by atoms with E-state index in [1.807, 2.05) is 0 Å². The Balaban J connectivity index is 1.48. The van der Waals surface area contributed by atoms with Gasteiger partial charge >= 0.3 is 0 Å². The van der Waals surface area contributed by atoms with Crippen molar-refractivity contribution in [1.29, 1.82) is 0 Å². The Morgan fingerprint density at radius 2 is 1.85 bits per heavy atom. The molecule has 20 heavy (non-hydrogen) atoms. The lowest BCUT2D eigenvalue weighted by Gasteiger charge is -2.52. The van der Waals surface area contributed by atoms with Gasteiger partial charge in [0.15, 0.2) is 0 Å². The Bertz CT molecular complexity index is 496. The summed E-state index contributed by atoms with van der Waals surface area (Å²) in [6.07, 6.45) is 3.49. The minimum atomic E-state index is -0.469. The van der Waals surface area contributed by atoms with E-state index in [0.29, 0.717) is 5.92 Å². The maximum Gasteiger partial charge on any atom is 0.0929 e. The topological polar surface area (TPSA) is 26.7 Å². The van der Waals surface area contributed by atoms with Gasteiger partial charge in [-0.2, -0.15) is 0 Å². The number of β-amino-alcohol motifs (C(OH)–C–C–N with tert-alkyl or cyclic N) is 1. The molecule has 2 bridgehead atoms. The molecule has 4 heterocycles. The quantitative estimate of drug-likeness (QED) is 0.884. The molecule has 108 valence electrons. The summed E-state index contributed by atoms with van der Waals surface area (Å²) in [5.74, 6) is 0.518. The van der Waals surface area contributed by atoms with E-state index in [0.717, 1.165) is 32.6 Å². The van der Waals surface area contributed by atoms with Crippen molar-refractivity contribution in [1.82, 2.24) is 9.80 Å². The van der Waals surface area contributed by atoms with E-state index in [4.69, 9.17) is 0 Å². The van der Waals surface area contributed by atoms with Crippen molar-refractivity contribution in [2.24, 2.45) is 5.92 Å². The van der Waals surface area contributed by atoms with Crippen LogP contribution in [0.5, 0.6) is 0 Å². The smallest absolute Gasteiger partial charge is 0.0929 e. The molecule has 0 spiro atoms. The van der Waals surface area contributed by atoms with E-state index < -0.39 is 5.60 Å². The first-order valence-electron chi connectivity index (χ1n) is 7.97. The fourth-order valence-corrected chi connectivity index (χ4v) is 4.40. The molecule has 1 N–H and O–H groups in total. The SMILES string of the molecule is OC1(CN2CCc3ccccc3C2)CN2CCC1CC2. The molecule has 1 atom stereocenters. The molecule has 3 nitrogen and oxygen atoms in total. The van der Waals surface area contributed by atoms with Gasteiger partial charge in [-0.25, -0.2) is 0 Å². The summed E-state index contributed by atoms with van der Waals surface area (Å²) in [5.41, 5.74) is 2.47. The zero-order valence-corrected chi connectivity index (χ0v) is 12.1. The van der Waals surface area contributed by atoms with Crippen LogP contribution in [-0.2, 0) is 13.0 Å². The number of benzene rings is 1. The van der Waals surface area contributed by atoms with Gasteiger partial charge < -0.3 is 10.0 Å². The molecule has 3 heteroatoms. The highest BCUT2D eigenvalue weighted by atomic mass is 16.3. The van der Waals surface area contributed by atoms with Crippen molar-refractivity contribution in [3.63, 3.8) is 0 Å². The number of piperidine rings is 3. The molecule has 0 amide bonds. The van der Waals surface area contributed by atoms with Crippen molar-refractivity contribution in [3.05, 3.63) is 35.4 Å². The number of nitrogens with zero attached hydrogens (tertiary/aromatic N) is 2. The van der Waals surface area contributed by atoms with E-state index in [1.165, 1.54) is 37.1 Å². The Hall–Kier alpha value is -0.900. The third kappa shape index (κ3) is 2.18. The highest BCUT2D eigenvalue weighted by molar-refractivity contribution is 5.29. The lowest BCUT2D eigenvalue weighted by molar-refractivity contribution is -0.127. The Labute approximate surface area is 121 Å². The molecule has 1 unspecified atom stereocenters. The first-order chi connectivity index (χ1) is 9.73. The van der Waals surface area contributed by atoms with Gasteiger partial charge in [0, 0.05) is 26.2 Å². The largest absolute Gasteiger partial charge is 0.387 e. The van der Waals surface area contributed by atoms with Gasteiger partial charge in [0.25, 0.3) is 0 Å². The highest BCUT2D eigenvalue weighted by Crippen LogP contribution is 2.36. The maximum absolute atomic E-state index is 11.1. The zero-order chi connectivity index (χ0) is 13.6. The molecular weight excluding hydrogens is 248 g/mol. The van der Waals surface area contributed by atoms with Crippen LogP contribution in [0.15, 0.2) is 24.3 Å². The third-order valence-electron chi connectivity index (χ3n) is 5.55. The Morgan fingerprint density at radius 3 is 2.55 bits per heavy atom. The van der Waals surface area contributed by atoms with E-state index in [1.54, 1.807) is 0 Å². The summed E-state index contributed by atoms with van der Waals surface area (Å²) < 4.78 is 0. The molecule has 5 rings (SSSR count). The first kappa shape index (κ1) is 12.8. The lowest BCUT2D eigenvalue weighted by atomic mass is 9.75. The second kappa shape index (κ2) is 4.83. The molecule has 1 aromatic rings. The van der Waals surface area contributed by atoms with Crippen molar-refractivity contribution < 1.29 is 5.11 Å². The van der Waals surface area contributed by atoms with Crippen LogP contribution in [0.2, 0.25) is 0 Å². The Morgan fingerprint density at radius 1 is 1.10 bits per heavy atom. The fraction of sp³-hybridized carbons (Fsp3) is 0.647. The van der Waals surface area contributed by atoms with Crippen LogP contribution in [0.1, 0.15) is 24.0 Å². The summed E-state index contributed by atoms with van der Waals surface area (Å²) in [6, 6.07) is 8.75. The molecule has 3 fully saturated rings. The third-order valence-corrected chi connectivity index (χ3v) is 5.55. The van der Waals surface area contributed by atoms with Gasteiger partial charge in [0.05, 0.1) is 5.60 Å². The monoisotopic (exact) mass is 272 g/mol. The van der Waals surface area contributed by atoms with Crippen molar-refractivity contribution >= 4 is 0 Å². The summed E-state index contributed by atoms with van der Waals surface area (Å²) in [7, 11) is 0. The second-order valence-corrected chi connectivity index (χ2v) is 6.88. The van der Waals surface area contributed by atoms with Crippen LogP contribution < -0.4 is 0 Å². The number of hydrogen-bond acceptors (Lipinski definition) is 3. The molecule has 0 saturated carbocycles. The highest BCUT2D eigenvalue weighted by Gasteiger charge is 2.46. The molecule has 0 radical (unpaired) electrons. The van der Waals surface area contributed by atoms with Gasteiger partial charge in [-0.15, -0.1) is 0 Å². The normalized spacial score (nSPS) is 36.9. The van der Waals surface area contributed by atoms with Crippen LogP contribution in [0.3, 0.4) is 0 Å². The fourth-order valence-electron chi connectivity index (χ4n) is 4.40. The average molecular weight is 272 g/mol. The van der Waals surface area contributed by atoms with E-state index in [2.05, 4.69) is 34.1 Å². The second-order valence-electron chi connectivity index (χ2n) is 6.88. The van der Waals surface area contributed by atoms with Crippen molar-refractivity contribution in [2.45, 2.75) is 31.4 Å². The minimum Gasteiger partial charge on any atom is -0.387 e. The molecule has 0 aliphatic carbocycles. The van der Waals surface area contributed by atoms with Gasteiger partial charge in [-0.3, -0.25) is 4.90 Å². The molecule has 0 aromatic heterocycles. The van der Waals surface area contributed by atoms with E-state index in [-0.39, 0.29) is 0 Å². The van der Waals surface area contributed by atoms with Crippen LogP contribution in [0, 0.1) is 5.92 Å². The molecular formula is C17H24N2O. The van der Waals surface area contributed by atoms with Crippen LogP contribution in [-0.4, -0.2) is 53.2 Å². The predicted molar refractivity (Wildman–Crippen MR) is 79.5 cm³/mol. The lowest BCUT2D eigenvalue weighted by Crippen LogP contribution is -2.63. The van der Waals surface area contributed by atoms with Crippen molar-refractivity contribution in [2.75, 3.05) is 32.7 Å². The zero-order valence-electron chi connectivity index (χ0n) is 12.1. The van der Waals surface area contributed by atoms with Crippen LogP contribution >= 0.6 is 0 Å². The number of fused-ring (bicyclic) bond motifs is 4. The molecule has 1 aromatic carbocycles. The van der Waals surface area contributed by atoms with Crippen LogP contribution in [0.25, 0.3) is 0 Å². The van der Waals surface area contributed by atoms with Gasteiger partial charge in [-0.05, 0) is 49.4 Å². The van der Waals surface area contributed by atoms with E-state index in [9.17, 15) is 5.11 Å². The van der Waals surface area contributed by atoms with Gasteiger partial charge in [-0.1, -0.05) is 24.3 Å². The first-order valence-corrected chi connectivity index (χ1v) is 7.97. The number of rotatable bonds is 2. The van der Waals surface area contributed by atoms with Gasteiger partial charge in [0.2, 0.25) is 0 Å². The number of aliphatic hydroxyl groups is 1. The van der Waals surface area contributed by atoms with Crippen LogP contribution in [0.4, 0.5) is 0 Å². The van der Waals surface area contributed by atoms with Crippen molar-refractivity contribution in [3.8, 4) is 0 Å². The van der Waals surface area contributed by atoms with E-state index >= 15 is 0 Å². The summed E-state index contributed by atoms with van der Waals surface area (Å²) >= 11 is 0. The summed E-state index contributed by atoms with van der Waals surface area (Å²) in [6.45, 7) is 6.21. The molecule has 4 aliphatic heterocycles. The number of hydrogen-bond donors (Lipinski definition) is 1. The average Bonchev–Trinajstić information content (AvgIpc) is 2.47. The summed E-state index contributed by atoms with van der Waals surface area (Å²) in [4.78, 5) is 4.90. The van der Waals surface area contributed by atoms with Gasteiger partial charge in [0.1, 0.15) is 0 Å².